The highest BCUT2D eigenvalue weighted by molar-refractivity contribution is 6.31. The predicted molar refractivity (Wildman–Crippen MR) is 271 cm³/mol. The molecular formula is C59H73N3O7. The molecule has 8 unspecified atom stereocenters. The fraction of sp³-hybridized carbons (Fsp3) is 0.525. The number of anilines is 2. The van der Waals surface area contributed by atoms with Crippen LogP contribution in [-0.2, 0) is 16.1 Å². The zero-order valence-corrected chi connectivity index (χ0v) is 41.8. The van der Waals surface area contributed by atoms with Crippen LogP contribution in [0.15, 0.2) is 84.9 Å². The van der Waals surface area contributed by atoms with Crippen molar-refractivity contribution in [3.63, 3.8) is 0 Å². The molecule has 8 atom stereocenters. The van der Waals surface area contributed by atoms with Crippen molar-refractivity contribution in [3.05, 3.63) is 113 Å². The van der Waals surface area contributed by atoms with Crippen LogP contribution in [0.1, 0.15) is 157 Å². The Bertz CT molecular complexity index is 2590. The summed E-state index contributed by atoms with van der Waals surface area (Å²) in [5, 5.41) is 20.2. The molecule has 0 bridgehead atoms. The van der Waals surface area contributed by atoms with Gasteiger partial charge >= 0.3 is 12.2 Å². The zero-order chi connectivity index (χ0) is 48.9. The van der Waals surface area contributed by atoms with Crippen molar-refractivity contribution in [2.45, 2.75) is 132 Å². The quantitative estimate of drug-likeness (QED) is 0.0959. The molecule has 2 amide bonds. The first kappa shape index (κ1) is 48.4. The summed E-state index contributed by atoms with van der Waals surface area (Å²) in [6, 6.07) is 25.2. The maximum absolute atomic E-state index is 13.5. The minimum Gasteiger partial charge on any atom is -0.507 e. The summed E-state index contributed by atoms with van der Waals surface area (Å²) in [5.41, 5.74) is 4.74. The van der Waals surface area contributed by atoms with E-state index in [4.69, 9.17) is 9.47 Å². The van der Waals surface area contributed by atoms with Crippen molar-refractivity contribution in [1.29, 1.82) is 0 Å². The van der Waals surface area contributed by atoms with Crippen LogP contribution in [-0.4, -0.2) is 48.1 Å². The number of rotatable bonds is 11. The van der Waals surface area contributed by atoms with E-state index in [9.17, 15) is 24.3 Å². The number of carbonyl (C=O) groups excluding carboxylic acids is 4. The second kappa shape index (κ2) is 18.9. The molecule has 9 rings (SSSR count). The molecular weight excluding hydrogens is 863 g/mol. The summed E-state index contributed by atoms with van der Waals surface area (Å²) in [4.78, 5) is 53.5. The number of ketones is 2. The van der Waals surface area contributed by atoms with Gasteiger partial charge in [0.25, 0.3) is 0 Å². The molecule has 0 aromatic heterocycles. The minimum absolute atomic E-state index is 0.00686. The molecule has 10 nitrogen and oxygen atoms in total. The SMILES string of the molecule is CC(C)C1CCC2C(CCC3C(C)(COC(=O)NCC4(C)CC(NC(=O)OCc5ccc(-c6ccc(Nc7ccc(O)c8c7C(=O)c7ccccc7C8=O)cc6)cc5)CC(C)(C)C4)CCCC23C)C1. The second-order valence-corrected chi connectivity index (χ2v) is 23.7. The lowest BCUT2D eigenvalue weighted by Gasteiger charge is -2.61. The lowest BCUT2D eigenvalue weighted by atomic mass is 9.44. The molecule has 0 aliphatic heterocycles. The van der Waals surface area contributed by atoms with Crippen LogP contribution in [0, 0.1) is 51.2 Å². The van der Waals surface area contributed by atoms with Gasteiger partial charge < -0.3 is 30.5 Å². The van der Waals surface area contributed by atoms with Gasteiger partial charge in [-0.2, -0.15) is 0 Å². The first-order valence-electron chi connectivity index (χ1n) is 25.7. The number of benzene rings is 4. The molecule has 5 aliphatic carbocycles. The minimum atomic E-state index is -0.459. The fourth-order valence-electron chi connectivity index (χ4n) is 14.6. The number of phenols is 1. The molecule has 0 spiro atoms. The number of ether oxygens (including phenoxy) is 2. The highest BCUT2D eigenvalue weighted by atomic mass is 16.6. The first-order chi connectivity index (χ1) is 32.8. The number of aromatic hydroxyl groups is 1. The summed E-state index contributed by atoms with van der Waals surface area (Å²) in [5.74, 6) is 2.93. The standard InChI is InChI=1S/C59H73N3O7/c1-36(2)40-19-23-46-41(29-40)20-26-49-58(6,27-10-28-59(46,49)7)35-69-54(66)60-34-57(5)31-43(30-56(3,4)33-57)62-55(67)68-32-37-13-15-38(16-14-37)39-17-21-42(22-18-39)61-47-24-25-48(63)51-50(47)52(64)44-11-8-9-12-45(44)53(51)65/h8-9,11-18,21-22,24-25,36,40-41,43,46,49,61,63H,10,19-20,23,26-35H2,1-7H3,(H,60,66)(H,62,67). The number of alkyl carbamates (subject to hydrolysis) is 2. The van der Waals surface area contributed by atoms with Gasteiger partial charge in [-0.05, 0) is 151 Å². The molecule has 4 N–H and O–H groups in total. The number of fused-ring (bicyclic) bond motifs is 5. The molecule has 4 aromatic rings. The summed E-state index contributed by atoms with van der Waals surface area (Å²) >= 11 is 0. The van der Waals surface area contributed by atoms with Gasteiger partial charge in [-0.15, -0.1) is 0 Å². The average Bonchev–Trinajstić information content (AvgIpc) is 3.31. The topological polar surface area (TPSA) is 143 Å². The van der Waals surface area contributed by atoms with Crippen LogP contribution in [0.3, 0.4) is 0 Å². The van der Waals surface area contributed by atoms with E-state index in [2.05, 4.69) is 64.4 Å². The lowest BCUT2D eigenvalue weighted by molar-refractivity contribution is -0.135. The number of nitrogens with one attached hydrogen (secondary N) is 3. The summed E-state index contributed by atoms with van der Waals surface area (Å²) in [6.45, 7) is 17.5. The van der Waals surface area contributed by atoms with Gasteiger partial charge in [-0.1, -0.05) is 116 Å². The monoisotopic (exact) mass is 936 g/mol. The van der Waals surface area contributed by atoms with Crippen LogP contribution in [0.25, 0.3) is 11.1 Å². The third-order valence-electron chi connectivity index (χ3n) is 17.6. The van der Waals surface area contributed by atoms with E-state index in [1.807, 2.05) is 48.5 Å². The maximum atomic E-state index is 13.5. The molecule has 366 valence electrons. The molecule has 10 heteroatoms. The largest absolute Gasteiger partial charge is 0.507 e. The van der Waals surface area contributed by atoms with Gasteiger partial charge in [-0.25, -0.2) is 9.59 Å². The smallest absolute Gasteiger partial charge is 0.407 e. The molecule has 0 heterocycles. The zero-order valence-electron chi connectivity index (χ0n) is 41.8. The Balaban J connectivity index is 0.743. The second-order valence-electron chi connectivity index (χ2n) is 23.7. The Morgan fingerprint density at radius 2 is 1.43 bits per heavy atom. The number of phenolic OH excluding ortho intramolecular Hbond substituents is 1. The molecule has 0 saturated heterocycles. The van der Waals surface area contributed by atoms with Gasteiger partial charge in [0.1, 0.15) is 12.4 Å². The third-order valence-corrected chi connectivity index (χ3v) is 17.6. The molecule has 69 heavy (non-hydrogen) atoms. The molecule has 4 fully saturated rings. The normalized spacial score (nSPS) is 29.1. The van der Waals surface area contributed by atoms with E-state index in [0.29, 0.717) is 41.4 Å². The number of hydrogen-bond donors (Lipinski definition) is 4. The van der Waals surface area contributed by atoms with Crippen molar-refractivity contribution in [1.82, 2.24) is 10.6 Å². The first-order valence-corrected chi connectivity index (χ1v) is 25.7. The summed E-state index contributed by atoms with van der Waals surface area (Å²) in [7, 11) is 0. The van der Waals surface area contributed by atoms with Crippen LogP contribution in [0.4, 0.5) is 21.0 Å². The van der Waals surface area contributed by atoms with E-state index in [-0.39, 0.29) is 69.0 Å². The lowest BCUT2D eigenvalue weighted by Crippen LogP contribution is -2.55. The molecule has 5 aliphatic rings. The Hall–Kier alpha value is -5.64. The van der Waals surface area contributed by atoms with Crippen LogP contribution in [0.2, 0.25) is 0 Å². The number of amides is 2. The predicted octanol–water partition coefficient (Wildman–Crippen LogP) is 13.4. The van der Waals surface area contributed by atoms with Crippen molar-refractivity contribution in [2.24, 2.45) is 51.2 Å². The van der Waals surface area contributed by atoms with Gasteiger partial charge in [-0.3, -0.25) is 9.59 Å². The maximum Gasteiger partial charge on any atom is 0.407 e. The van der Waals surface area contributed by atoms with Crippen LogP contribution >= 0.6 is 0 Å². The Morgan fingerprint density at radius 3 is 2.13 bits per heavy atom. The Kier molecular flexibility index (Phi) is 13.3. The molecule has 4 aromatic carbocycles. The van der Waals surface area contributed by atoms with Gasteiger partial charge in [0, 0.05) is 34.8 Å². The highest BCUT2D eigenvalue weighted by Crippen LogP contribution is 2.64. The van der Waals surface area contributed by atoms with E-state index in [1.54, 1.807) is 30.3 Å². The van der Waals surface area contributed by atoms with E-state index >= 15 is 0 Å². The van der Waals surface area contributed by atoms with Crippen molar-refractivity contribution >= 4 is 35.1 Å². The Morgan fingerprint density at radius 1 is 0.754 bits per heavy atom. The van der Waals surface area contributed by atoms with Crippen molar-refractivity contribution in [2.75, 3.05) is 18.5 Å². The Labute approximate surface area is 409 Å². The van der Waals surface area contributed by atoms with Gasteiger partial charge in [0.2, 0.25) is 0 Å². The van der Waals surface area contributed by atoms with Crippen LogP contribution in [0.5, 0.6) is 5.75 Å². The number of hydrogen-bond acceptors (Lipinski definition) is 8. The van der Waals surface area contributed by atoms with Crippen molar-refractivity contribution in [3.8, 4) is 16.9 Å². The van der Waals surface area contributed by atoms with E-state index < -0.39 is 6.09 Å². The summed E-state index contributed by atoms with van der Waals surface area (Å²) in [6.07, 6.45) is 11.9. The van der Waals surface area contributed by atoms with E-state index in [1.165, 1.54) is 51.0 Å². The average molecular weight is 936 g/mol. The molecule has 4 saturated carbocycles. The van der Waals surface area contributed by atoms with Gasteiger partial charge in [0.15, 0.2) is 11.6 Å². The highest BCUT2D eigenvalue weighted by Gasteiger charge is 2.57. The van der Waals surface area contributed by atoms with Crippen molar-refractivity contribution < 1.29 is 33.8 Å². The fourth-order valence-corrected chi connectivity index (χ4v) is 14.6. The number of carbonyl (C=O) groups is 4. The summed E-state index contributed by atoms with van der Waals surface area (Å²) < 4.78 is 11.9. The molecule has 0 radical (unpaired) electrons. The van der Waals surface area contributed by atoms with Gasteiger partial charge in [0.05, 0.1) is 23.4 Å². The van der Waals surface area contributed by atoms with Crippen LogP contribution < -0.4 is 16.0 Å². The van der Waals surface area contributed by atoms with E-state index in [0.717, 1.165) is 66.0 Å². The third kappa shape index (κ3) is 9.92.